The van der Waals surface area contributed by atoms with Crippen molar-refractivity contribution in [3.63, 3.8) is 0 Å². The molecule has 3 aromatic rings. The Hall–Kier alpha value is -1.46. The monoisotopic (exact) mass is 350 g/mol. The molecule has 0 atom stereocenters. The molecule has 0 fully saturated rings. The van der Waals surface area contributed by atoms with Crippen LogP contribution in [0, 0.1) is 10.6 Å². The Labute approximate surface area is 129 Å². The third kappa shape index (κ3) is 2.69. The number of imidazole rings is 1. The minimum Gasteiger partial charge on any atom is -0.331 e. The molecule has 0 amide bonds. The summed E-state index contributed by atoms with van der Waals surface area (Å²) < 4.78 is 16.7. The van der Waals surface area contributed by atoms with Gasteiger partial charge in [-0.2, -0.15) is 0 Å². The summed E-state index contributed by atoms with van der Waals surface area (Å²) in [5.41, 5.74) is 3.20. The smallest absolute Gasteiger partial charge is 0.178 e. The number of aromatic amines is 1. The number of aryl methyl sites for hydroxylation is 2. The van der Waals surface area contributed by atoms with Crippen LogP contribution in [-0.4, -0.2) is 9.55 Å². The standard InChI is InChI=1S/C15H12BrFN2S/c16-11-3-6-13-14(9-11)19(15(20)18-13)8-7-10-1-4-12(17)5-2-10/h1-6,9H,7-8H2,(H,18,20). The van der Waals surface area contributed by atoms with Crippen LogP contribution in [-0.2, 0) is 13.0 Å². The lowest BCUT2D eigenvalue weighted by Gasteiger charge is -2.05. The highest BCUT2D eigenvalue weighted by Crippen LogP contribution is 2.20. The van der Waals surface area contributed by atoms with Crippen molar-refractivity contribution in [1.29, 1.82) is 0 Å². The van der Waals surface area contributed by atoms with Gasteiger partial charge in [-0.25, -0.2) is 4.39 Å². The lowest BCUT2D eigenvalue weighted by atomic mass is 10.1. The van der Waals surface area contributed by atoms with Gasteiger partial charge < -0.3 is 9.55 Å². The van der Waals surface area contributed by atoms with Gasteiger partial charge in [0.05, 0.1) is 11.0 Å². The molecule has 0 unspecified atom stereocenters. The molecule has 0 spiro atoms. The van der Waals surface area contributed by atoms with E-state index in [0.29, 0.717) is 4.77 Å². The molecule has 0 aliphatic heterocycles. The van der Waals surface area contributed by atoms with Crippen molar-refractivity contribution in [1.82, 2.24) is 9.55 Å². The number of nitrogens with zero attached hydrogens (tertiary/aromatic N) is 1. The molecule has 1 aromatic heterocycles. The van der Waals surface area contributed by atoms with Crippen LogP contribution in [0.25, 0.3) is 11.0 Å². The first-order valence-electron chi connectivity index (χ1n) is 6.26. The van der Waals surface area contributed by atoms with Crippen molar-refractivity contribution in [3.8, 4) is 0 Å². The molecule has 0 bridgehead atoms. The summed E-state index contributed by atoms with van der Waals surface area (Å²) in [4.78, 5) is 3.20. The second-order valence-corrected chi connectivity index (χ2v) is 5.92. The molecule has 2 nitrogen and oxygen atoms in total. The molecule has 0 aliphatic carbocycles. The van der Waals surface area contributed by atoms with Crippen molar-refractivity contribution in [2.45, 2.75) is 13.0 Å². The first-order valence-corrected chi connectivity index (χ1v) is 7.46. The molecule has 0 radical (unpaired) electrons. The maximum atomic E-state index is 12.9. The van der Waals surface area contributed by atoms with Gasteiger partial charge in [-0.1, -0.05) is 28.1 Å². The third-order valence-corrected chi connectivity index (χ3v) is 4.09. The molecule has 5 heteroatoms. The molecule has 102 valence electrons. The van der Waals surface area contributed by atoms with Crippen molar-refractivity contribution < 1.29 is 4.39 Å². The zero-order valence-electron chi connectivity index (χ0n) is 10.6. The van der Waals surface area contributed by atoms with Gasteiger partial charge in [-0.05, 0) is 54.5 Å². The highest BCUT2D eigenvalue weighted by atomic mass is 79.9. The largest absolute Gasteiger partial charge is 0.331 e. The number of nitrogens with one attached hydrogen (secondary N) is 1. The first kappa shape index (κ1) is 13.5. The Bertz CT molecular complexity index is 805. The van der Waals surface area contributed by atoms with Gasteiger partial charge in [0.25, 0.3) is 0 Å². The summed E-state index contributed by atoms with van der Waals surface area (Å²) >= 11 is 8.84. The van der Waals surface area contributed by atoms with Gasteiger partial charge in [0.15, 0.2) is 4.77 Å². The summed E-state index contributed by atoms with van der Waals surface area (Å²) in [5, 5.41) is 0. The van der Waals surface area contributed by atoms with E-state index in [1.54, 1.807) is 0 Å². The van der Waals surface area contributed by atoms with Crippen LogP contribution in [0.3, 0.4) is 0 Å². The van der Waals surface area contributed by atoms with Crippen molar-refractivity contribution in [2.75, 3.05) is 0 Å². The van der Waals surface area contributed by atoms with E-state index in [4.69, 9.17) is 12.2 Å². The van der Waals surface area contributed by atoms with Gasteiger partial charge in [0, 0.05) is 11.0 Å². The molecule has 1 N–H and O–H groups in total. The van der Waals surface area contributed by atoms with Gasteiger partial charge in [0.2, 0.25) is 0 Å². The van der Waals surface area contributed by atoms with Crippen molar-refractivity contribution >= 4 is 39.2 Å². The van der Waals surface area contributed by atoms with Crippen LogP contribution in [0.5, 0.6) is 0 Å². The maximum Gasteiger partial charge on any atom is 0.178 e. The van der Waals surface area contributed by atoms with E-state index in [-0.39, 0.29) is 5.82 Å². The minimum atomic E-state index is -0.207. The molecular formula is C15H12BrFN2S. The second-order valence-electron chi connectivity index (χ2n) is 4.62. The molecule has 0 aliphatic rings. The second kappa shape index (κ2) is 5.50. The third-order valence-electron chi connectivity index (χ3n) is 3.27. The maximum absolute atomic E-state index is 12.9. The van der Waals surface area contributed by atoms with E-state index < -0.39 is 0 Å². The lowest BCUT2D eigenvalue weighted by molar-refractivity contribution is 0.625. The van der Waals surface area contributed by atoms with Gasteiger partial charge in [-0.15, -0.1) is 0 Å². The Morgan fingerprint density at radius 2 is 1.90 bits per heavy atom. The SMILES string of the molecule is Fc1ccc(CCn2c(=S)[nH]c3ccc(Br)cc32)cc1. The summed E-state index contributed by atoms with van der Waals surface area (Å²) in [5.74, 6) is -0.207. The topological polar surface area (TPSA) is 20.7 Å². The Morgan fingerprint density at radius 3 is 2.65 bits per heavy atom. The number of benzene rings is 2. The van der Waals surface area contributed by atoms with Crippen LogP contribution in [0.1, 0.15) is 5.56 Å². The van der Waals surface area contributed by atoms with E-state index in [1.165, 1.54) is 12.1 Å². The number of hydrogen-bond acceptors (Lipinski definition) is 1. The highest BCUT2D eigenvalue weighted by molar-refractivity contribution is 9.10. The van der Waals surface area contributed by atoms with E-state index in [9.17, 15) is 4.39 Å². The predicted molar refractivity (Wildman–Crippen MR) is 84.9 cm³/mol. The average Bonchev–Trinajstić information content (AvgIpc) is 2.73. The molecule has 1 heterocycles. The fraction of sp³-hybridized carbons (Fsp3) is 0.133. The Morgan fingerprint density at radius 1 is 1.15 bits per heavy atom. The summed E-state index contributed by atoms with van der Waals surface area (Å²) in [6.45, 7) is 0.765. The van der Waals surface area contributed by atoms with E-state index in [2.05, 4.69) is 25.5 Å². The molecule has 0 saturated carbocycles. The fourth-order valence-corrected chi connectivity index (χ4v) is 2.89. The quantitative estimate of drug-likeness (QED) is 0.670. The van der Waals surface area contributed by atoms with Crippen LogP contribution in [0.2, 0.25) is 0 Å². The van der Waals surface area contributed by atoms with Crippen LogP contribution >= 0.6 is 28.1 Å². The van der Waals surface area contributed by atoms with Gasteiger partial charge in [0.1, 0.15) is 5.82 Å². The number of aromatic nitrogens is 2. The van der Waals surface area contributed by atoms with Crippen LogP contribution < -0.4 is 0 Å². The number of halogens is 2. The normalized spacial score (nSPS) is 11.1. The van der Waals surface area contributed by atoms with Crippen LogP contribution in [0.4, 0.5) is 4.39 Å². The van der Waals surface area contributed by atoms with Gasteiger partial charge >= 0.3 is 0 Å². The van der Waals surface area contributed by atoms with E-state index in [1.807, 2.05) is 30.3 Å². The fourth-order valence-electron chi connectivity index (χ4n) is 2.24. The Balaban J connectivity index is 1.90. The van der Waals surface area contributed by atoms with Gasteiger partial charge in [-0.3, -0.25) is 0 Å². The van der Waals surface area contributed by atoms with E-state index >= 15 is 0 Å². The Kier molecular flexibility index (Phi) is 3.72. The minimum absolute atomic E-state index is 0.207. The highest BCUT2D eigenvalue weighted by Gasteiger charge is 2.05. The molecule has 3 rings (SSSR count). The zero-order chi connectivity index (χ0) is 14.1. The van der Waals surface area contributed by atoms with E-state index in [0.717, 1.165) is 34.0 Å². The predicted octanol–water partition coefficient (Wildman–Crippen LogP) is 4.84. The number of rotatable bonds is 3. The van der Waals surface area contributed by atoms with Crippen LogP contribution in [0.15, 0.2) is 46.9 Å². The summed E-state index contributed by atoms with van der Waals surface area (Å²) in [7, 11) is 0. The summed E-state index contributed by atoms with van der Waals surface area (Å²) in [6.07, 6.45) is 0.814. The molecule has 2 aromatic carbocycles. The first-order chi connectivity index (χ1) is 9.63. The lowest BCUT2D eigenvalue weighted by Crippen LogP contribution is -2.01. The molecular weight excluding hydrogens is 339 g/mol. The van der Waals surface area contributed by atoms with Crippen molar-refractivity contribution in [3.05, 3.63) is 63.1 Å². The number of fused-ring (bicyclic) bond motifs is 1. The number of H-pyrrole nitrogens is 1. The average molecular weight is 351 g/mol. The summed E-state index contributed by atoms with van der Waals surface area (Å²) in [6, 6.07) is 12.6. The molecule has 0 saturated heterocycles. The zero-order valence-corrected chi connectivity index (χ0v) is 13.0. The number of hydrogen-bond donors (Lipinski definition) is 1. The molecule has 20 heavy (non-hydrogen) atoms. The van der Waals surface area contributed by atoms with Crippen molar-refractivity contribution in [2.24, 2.45) is 0 Å².